The van der Waals surface area contributed by atoms with E-state index in [0.29, 0.717) is 34.9 Å². The van der Waals surface area contributed by atoms with Gasteiger partial charge in [0.25, 0.3) is 5.91 Å². The minimum absolute atomic E-state index is 0.0545. The lowest BCUT2D eigenvalue weighted by Crippen LogP contribution is -2.38. The van der Waals surface area contributed by atoms with Crippen molar-refractivity contribution in [2.75, 3.05) is 24.8 Å². The third-order valence-corrected chi connectivity index (χ3v) is 7.70. The number of anilines is 1. The van der Waals surface area contributed by atoms with Crippen LogP contribution in [-0.4, -0.2) is 48.3 Å². The van der Waals surface area contributed by atoms with Gasteiger partial charge in [-0.2, -0.15) is 0 Å². The van der Waals surface area contributed by atoms with E-state index in [2.05, 4.69) is 15.6 Å². The minimum atomic E-state index is -0.389. The summed E-state index contributed by atoms with van der Waals surface area (Å²) in [5, 5.41) is 6.75. The monoisotopic (exact) mass is 505 g/mol. The molecule has 0 spiro atoms. The van der Waals surface area contributed by atoms with Gasteiger partial charge in [-0.25, -0.2) is 4.79 Å². The first-order chi connectivity index (χ1) is 17.5. The molecular formula is C27H27N3O5S. The smallest absolute Gasteiger partial charge is 0.339 e. The molecule has 5 rings (SSSR count). The van der Waals surface area contributed by atoms with Gasteiger partial charge in [-0.05, 0) is 74.1 Å². The molecule has 1 aliphatic heterocycles. The second-order valence-corrected chi connectivity index (χ2v) is 10.1. The molecule has 9 heteroatoms. The number of rotatable bonds is 6. The lowest BCUT2D eigenvalue weighted by Gasteiger charge is -2.29. The molecule has 2 N–H and O–H groups in total. The Morgan fingerprint density at radius 2 is 1.92 bits per heavy atom. The van der Waals surface area contributed by atoms with Crippen LogP contribution in [0, 0.1) is 5.92 Å². The minimum Gasteiger partial charge on any atom is -0.497 e. The summed E-state index contributed by atoms with van der Waals surface area (Å²) >= 11 is 1.47. The molecule has 0 radical (unpaired) electrons. The van der Waals surface area contributed by atoms with Crippen molar-refractivity contribution in [3.05, 3.63) is 59.8 Å². The van der Waals surface area contributed by atoms with Gasteiger partial charge in [0.05, 0.1) is 36.2 Å². The van der Waals surface area contributed by atoms with Gasteiger partial charge in [-0.3, -0.25) is 14.6 Å². The van der Waals surface area contributed by atoms with Gasteiger partial charge in [0, 0.05) is 28.1 Å². The zero-order valence-electron chi connectivity index (χ0n) is 19.9. The zero-order chi connectivity index (χ0) is 25.1. The standard InChI is InChI=1S/C27H27N3O5S/c1-34-21-7-8-22-18(11-21)10-19(13-28-22)27(33)35-14-16-2-5-20(6-3-16)29-26(32)17-4-9-24-23(12-17)30-25(31)15-36-24/h4,7-13,16,20H,2-3,5-6,14-15H2,1H3,(H,29,32)(H,30,31)/t16-,20-. The number of hydrogen-bond acceptors (Lipinski definition) is 7. The van der Waals surface area contributed by atoms with Crippen molar-refractivity contribution < 1.29 is 23.9 Å². The van der Waals surface area contributed by atoms with Crippen molar-refractivity contribution in [3.63, 3.8) is 0 Å². The average molecular weight is 506 g/mol. The quantitative estimate of drug-likeness (QED) is 0.477. The van der Waals surface area contributed by atoms with Crippen molar-refractivity contribution >= 4 is 46.1 Å². The third-order valence-electron chi connectivity index (χ3n) is 6.63. The zero-order valence-corrected chi connectivity index (χ0v) is 20.7. The number of esters is 1. The van der Waals surface area contributed by atoms with Gasteiger partial charge >= 0.3 is 5.97 Å². The summed E-state index contributed by atoms with van der Waals surface area (Å²) in [6, 6.07) is 12.8. The second kappa shape index (κ2) is 10.6. The van der Waals surface area contributed by atoms with Crippen molar-refractivity contribution in [2.45, 2.75) is 36.6 Å². The number of benzene rings is 2. The van der Waals surface area contributed by atoms with Crippen LogP contribution in [0.5, 0.6) is 5.75 Å². The Bertz CT molecular complexity index is 1320. The Morgan fingerprint density at radius 1 is 1.08 bits per heavy atom. The Morgan fingerprint density at radius 3 is 2.72 bits per heavy atom. The Labute approximate surface area is 213 Å². The summed E-state index contributed by atoms with van der Waals surface area (Å²) in [6.07, 6.45) is 4.91. The van der Waals surface area contributed by atoms with Gasteiger partial charge < -0.3 is 20.1 Å². The van der Waals surface area contributed by atoms with Crippen LogP contribution in [0.1, 0.15) is 46.4 Å². The number of pyridine rings is 1. The number of carbonyl (C=O) groups excluding carboxylic acids is 3. The molecule has 36 heavy (non-hydrogen) atoms. The Kier molecular flexibility index (Phi) is 7.09. The molecule has 0 saturated heterocycles. The van der Waals surface area contributed by atoms with Gasteiger partial charge in [-0.15, -0.1) is 11.8 Å². The fraction of sp³-hybridized carbons (Fsp3) is 0.333. The normalized spacial score (nSPS) is 19.2. The largest absolute Gasteiger partial charge is 0.497 e. The highest BCUT2D eigenvalue weighted by Gasteiger charge is 2.25. The number of nitrogens with one attached hydrogen (secondary N) is 2. The fourth-order valence-corrected chi connectivity index (χ4v) is 5.38. The topological polar surface area (TPSA) is 107 Å². The van der Waals surface area contributed by atoms with E-state index in [1.54, 1.807) is 25.3 Å². The molecule has 3 aromatic rings. The number of nitrogens with zero attached hydrogens (tertiary/aromatic N) is 1. The van der Waals surface area contributed by atoms with E-state index in [9.17, 15) is 14.4 Å². The second-order valence-electron chi connectivity index (χ2n) is 9.12. The van der Waals surface area contributed by atoms with Crippen LogP contribution in [0.25, 0.3) is 10.9 Å². The van der Waals surface area contributed by atoms with E-state index in [0.717, 1.165) is 41.5 Å². The average Bonchev–Trinajstić information content (AvgIpc) is 2.91. The molecule has 1 saturated carbocycles. The van der Waals surface area contributed by atoms with Crippen LogP contribution in [-0.2, 0) is 9.53 Å². The first-order valence-electron chi connectivity index (χ1n) is 12.0. The van der Waals surface area contributed by atoms with Crippen molar-refractivity contribution in [1.82, 2.24) is 10.3 Å². The first kappa shape index (κ1) is 24.1. The third kappa shape index (κ3) is 5.46. The molecule has 0 bridgehead atoms. The van der Waals surface area contributed by atoms with E-state index in [4.69, 9.17) is 9.47 Å². The summed E-state index contributed by atoms with van der Waals surface area (Å²) in [6.45, 7) is 0.345. The number of methoxy groups -OCH3 is 1. The van der Waals surface area contributed by atoms with Crippen LogP contribution < -0.4 is 15.4 Å². The maximum Gasteiger partial charge on any atom is 0.339 e. The van der Waals surface area contributed by atoms with Crippen molar-refractivity contribution in [3.8, 4) is 5.75 Å². The SMILES string of the molecule is COc1ccc2ncc(C(=O)OC[C@H]3CC[C@H](NC(=O)c4ccc5c(c4)NC(=O)CS5)CC3)cc2c1. The highest BCUT2D eigenvalue weighted by molar-refractivity contribution is 8.00. The van der Waals surface area contributed by atoms with E-state index in [-0.39, 0.29) is 29.7 Å². The number of hydrogen-bond donors (Lipinski definition) is 2. The van der Waals surface area contributed by atoms with Crippen LogP contribution >= 0.6 is 11.8 Å². The maximum atomic E-state index is 12.8. The van der Waals surface area contributed by atoms with E-state index in [1.807, 2.05) is 24.3 Å². The summed E-state index contributed by atoms with van der Waals surface area (Å²) in [5.74, 6) is 0.771. The predicted octanol–water partition coefficient (Wildman–Crippen LogP) is 4.43. The highest BCUT2D eigenvalue weighted by atomic mass is 32.2. The molecule has 2 aromatic carbocycles. The summed E-state index contributed by atoms with van der Waals surface area (Å²) in [7, 11) is 1.60. The molecule has 2 aliphatic rings. The van der Waals surface area contributed by atoms with Gasteiger partial charge in [0.1, 0.15) is 5.75 Å². The highest BCUT2D eigenvalue weighted by Crippen LogP contribution is 2.32. The molecule has 2 amide bonds. The van der Waals surface area contributed by atoms with E-state index in [1.165, 1.54) is 18.0 Å². The molecule has 1 fully saturated rings. The van der Waals surface area contributed by atoms with Crippen LogP contribution in [0.2, 0.25) is 0 Å². The number of aromatic nitrogens is 1. The number of ether oxygens (including phenoxy) is 2. The van der Waals surface area contributed by atoms with Crippen LogP contribution in [0.15, 0.2) is 53.6 Å². The molecule has 186 valence electrons. The Hall–Kier alpha value is -3.59. The molecule has 2 heterocycles. The fourth-order valence-electron chi connectivity index (χ4n) is 4.59. The summed E-state index contributed by atoms with van der Waals surface area (Å²) in [5.41, 5.74) is 2.42. The number of thioether (sulfide) groups is 1. The molecular weight excluding hydrogens is 478 g/mol. The maximum absolute atomic E-state index is 12.8. The number of fused-ring (bicyclic) bond motifs is 2. The van der Waals surface area contributed by atoms with E-state index < -0.39 is 0 Å². The number of carbonyl (C=O) groups is 3. The summed E-state index contributed by atoms with van der Waals surface area (Å²) in [4.78, 5) is 42.3. The molecule has 0 atom stereocenters. The molecule has 1 aliphatic carbocycles. The van der Waals surface area contributed by atoms with Crippen molar-refractivity contribution in [1.29, 1.82) is 0 Å². The molecule has 0 unspecified atom stereocenters. The molecule has 1 aromatic heterocycles. The first-order valence-corrected chi connectivity index (χ1v) is 13.0. The Balaban J connectivity index is 1.10. The lowest BCUT2D eigenvalue weighted by molar-refractivity contribution is -0.113. The van der Waals surface area contributed by atoms with Gasteiger partial charge in [-0.1, -0.05) is 0 Å². The van der Waals surface area contributed by atoms with Gasteiger partial charge in [0.15, 0.2) is 0 Å². The summed E-state index contributed by atoms with van der Waals surface area (Å²) < 4.78 is 10.8. The number of amides is 2. The van der Waals surface area contributed by atoms with E-state index >= 15 is 0 Å². The van der Waals surface area contributed by atoms with Crippen molar-refractivity contribution in [2.24, 2.45) is 5.92 Å². The molecule has 8 nitrogen and oxygen atoms in total. The van der Waals surface area contributed by atoms with Crippen LogP contribution in [0.4, 0.5) is 5.69 Å². The van der Waals surface area contributed by atoms with Crippen LogP contribution in [0.3, 0.4) is 0 Å². The van der Waals surface area contributed by atoms with Gasteiger partial charge in [0.2, 0.25) is 5.91 Å². The lowest BCUT2D eigenvalue weighted by atomic mass is 9.86. The predicted molar refractivity (Wildman–Crippen MR) is 138 cm³/mol.